The molecule has 2 unspecified atom stereocenters. The first-order chi connectivity index (χ1) is 12.0. The van der Waals surface area contributed by atoms with Crippen molar-refractivity contribution in [2.75, 3.05) is 6.61 Å². The molecule has 5 nitrogen and oxygen atoms in total. The first-order valence-corrected chi connectivity index (χ1v) is 9.10. The molecule has 2 aliphatic carbocycles. The lowest BCUT2D eigenvalue weighted by Gasteiger charge is -2.19. The van der Waals surface area contributed by atoms with Crippen LogP contribution in [0.2, 0.25) is 0 Å². The quantitative estimate of drug-likeness (QED) is 0.241. The molecule has 2 rings (SSSR count). The monoisotopic (exact) mass is 347 g/mol. The van der Waals surface area contributed by atoms with Crippen LogP contribution in [0.3, 0.4) is 0 Å². The predicted octanol–water partition coefficient (Wildman–Crippen LogP) is 3.08. The molecule has 0 radical (unpaired) electrons. The number of rotatable bonds is 8. The summed E-state index contributed by atoms with van der Waals surface area (Å²) in [6.45, 7) is 7.72. The Morgan fingerprint density at radius 3 is 2.72 bits per heavy atom. The van der Waals surface area contributed by atoms with E-state index >= 15 is 0 Å². The summed E-state index contributed by atoms with van der Waals surface area (Å²) in [5.41, 5.74) is 1.05. The second-order valence-corrected chi connectivity index (χ2v) is 7.09. The summed E-state index contributed by atoms with van der Waals surface area (Å²) < 4.78 is 5.42. The minimum Gasteiger partial charge on any atom is -0.458 e. The van der Waals surface area contributed by atoms with Gasteiger partial charge in [-0.1, -0.05) is 24.7 Å². The van der Waals surface area contributed by atoms with Crippen molar-refractivity contribution in [1.29, 1.82) is 0 Å². The SMILES string of the molecule is C=CC(OC(=O)CCON=C1C[C@H]2CC(O)C[C@@H]2C1)C(C)CC#CC. The summed E-state index contributed by atoms with van der Waals surface area (Å²) >= 11 is 0. The fourth-order valence-corrected chi connectivity index (χ4v) is 3.70. The number of aliphatic hydroxyl groups excluding tert-OH is 1. The molecule has 0 aliphatic heterocycles. The Kier molecular flexibility index (Phi) is 7.52. The van der Waals surface area contributed by atoms with Crippen molar-refractivity contribution in [2.45, 2.75) is 64.6 Å². The molecule has 0 amide bonds. The number of esters is 1. The van der Waals surface area contributed by atoms with Crippen molar-refractivity contribution in [3.05, 3.63) is 12.7 Å². The van der Waals surface area contributed by atoms with Crippen LogP contribution >= 0.6 is 0 Å². The molecular weight excluding hydrogens is 318 g/mol. The number of nitrogens with zero attached hydrogens (tertiary/aromatic N) is 1. The topological polar surface area (TPSA) is 68.1 Å². The van der Waals surface area contributed by atoms with Gasteiger partial charge in [0, 0.05) is 12.3 Å². The van der Waals surface area contributed by atoms with Gasteiger partial charge in [0.25, 0.3) is 0 Å². The first kappa shape index (κ1) is 19.5. The van der Waals surface area contributed by atoms with Crippen molar-refractivity contribution in [1.82, 2.24) is 0 Å². The van der Waals surface area contributed by atoms with E-state index in [1.165, 1.54) is 0 Å². The van der Waals surface area contributed by atoms with E-state index in [0.29, 0.717) is 18.3 Å². The normalized spacial score (nSPS) is 24.7. The van der Waals surface area contributed by atoms with E-state index in [9.17, 15) is 9.90 Å². The van der Waals surface area contributed by atoms with Gasteiger partial charge in [0.15, 0.2) is 0 Å². The fraction of sp³-hybridized carbons (Fsp3) is 0.700. The smallest absolute Gasteiger partial charge is 0.309 e. The maximum Gasteiger partial charge on any atom is 0.309 e. The lowest BCUT2D eigenvalue weighted by molar-refractivity contribution is -0.150. The molecule has 1 N–H and O–H groups in total. The largest absolute Gasteiger partial charge is 0.458 e. The number of oxime groups is 1. The Balaban J connectivity index is 1.65. The van der Waals surface area contributed by atoms with Crippen LogP contribution in [0.5, 0.6) is 0 Å². The molecule has 0 aromatic carbocycles. The molecule has 0 bridgehead atoms. The van der Waals surface area contributed by atoms with Gasteiger partial charge in [-0.25, -0.2) is 0 Å². The second kappa shape index (κ2) is 9.62. The van der Waals surface area contributed by atoms with Crippen LogP contribution in [-0.4, -0.2) is 35.6 Å². The molecular formula is C20H29NO4. The highest BCUT2D eigenvalue weighted by Crippen LogP contribution is 2.42. The zero-order valence-electron chi connectivity index (χ0n) is 15.2. The van der Waals surface area contributed by atoms with Crippen LogP contribution in [0.15, 0.2) is 17.8 Å². The maximum atomic E-state index is 11.9. The molecule has 5 heteroatoms. The lowest BCUT2D eigenvalue weighted by atomic mass is 10.0. The van der Waals surface area contributed by atoms with Crippen LogP contribution in [0.25, 0.3) is 0 Å². The Morgan fingerprint density at radius 2 is 2.12 bits per heavy atom. The Hall–Kier alpha value is -1.80. The number of aliphatic hydroxyl groups is 1. The van der Waals surface area contributed by atoms with E-state index in [1.54, 1.807) is 13.0 Å². The van der Waals surface area contributed by atoms with Gasteiger partial charge in [0.1, 0.15) is 12.7 Å². The maximum absolute atomic E-state index is 11.9. The van der Waals surface area contributed by atoms with Gasteiger partial charge < -0.3 is 14.7 Å². The summed E-state index contributed by atoms with van der Waals surface area (Å²) in [5.74, 6) is 6.73. The van der Waals surface area contributed by atoms with Crippen LogP contribution < -0.4 is 0 Å². The predicted molar refractivity (Wildman–Crippen MR) is 96.8 cm³/mol. The average Bonchev–Trinajstić information content (AvgIpc) is 3.11. The van der Waals surface area contributed by atoms with Gasteiger partial charge in [-0.2, -0.15) is 0 Å². The van der Waals surface area contributed by atoms with Crippen LogP contribution in [0.1, 0.15) is 52.4 Å². The summed E-state index contributed by atoms with van der Waals surface area (Å²) in [7, 11) is 0. The molecule has 2 saturated carbocycles. The number of carbonyl (C=O) groups is 1. The molecule has 0 aromatic rings. The highest BCUT2D eigenvalue weighted by atomic mass is 16.6. The van der Waals surface area contributed by atoms with E-state index in [2.05, 4.69) is 23.6 Å². The van der Waals surface area contributed by atoms with E-state index in [4.69, 9.17) is 9.57 Å². The molecule has 0 spiro atoms. The summed E-state index contributed by atoms with van der Waals surface area (Å²) in [5, 5.41) is 13.8. The third-order valence-electron chi connectivity index (χ3n) is 5.06. The standard InChI is InChI=1S/C20H29NO4/c1-4-6-7-14(3)19(5-2)25-20(23)8-9-24-21-17-10-15-12-18(22)13-16(15)11-17/h5,14-16,18-19,22H,2,7-13H2,1,3H3/t14?,15-,16-,18?,19?/m0/s1. The third-order valence-corrected chi connectivity index (χ3v) is 5.06. The van der Waals surface area contributed by atoms with Gasteiger partial charge in [0.05, 0.1) is 18.2 Å². The number of hydrogen-bond acceptors (Lipinski definition) is 5. The number of carbonyl (C=O) groups excluding carboxylic acids is 1. The fourth-order valence-electron chi connectivity index (χ4n) is 3.70. The molecule has 2 aliphatic rings. The van der Waals surface area contributed by atoms with E-state index in [1.807, 2.05) is 6.92 Å². The van der Waals surface area contributed by atoms with E-state index in [0.717, 1.165) is 31.4 Å². The zero-order chi connectivity index (χ0) is 18.2. The molecule has 0 heterocycles. The molecule has 0 saturated heterocycles. The molecule has 138 valence electrons. The summed E-state index contributed by atoms with van der Waals surface area (Å²) in [6.07, 6.45) is 5.56. The highest BCUT2D eigenvalue weighted by Gasteiger charge is 2.39. The average molecular weight is 347 g/mol. The summed E-state index contributed by atoms with van der Waals surface area (Å²) in [6, 6.07) is 0. The molecule has 0 aromatic heterocycles. The third kappa shape index (κ3) is 5.89. The van der Waals surface area contributed by atoms with Crippen molar-refractivity contribution < 1.29 is 19.5 Å². The molecule has 25 heavy (non-hydrogen) atoms. The van der Waals surface area contributed by atoms with E-state index < -0.39 is 0 Å². The number of fused-ring (bicyclic) bond motifs is 1. The van der Waals surface area contributed by atoms with Crippen LogP contribution in [0, 0.1) is 29.6 Å². The van der Waals surface area contributed by atoms with Gasteiger partial charge in [-0.3, -0.25) is 4.79 Å². The van der Waals surface area contributed by atoms with Crippen molar-refractivity contribution in [3.8, 4) is 11.8 Å². The Labute approximate surface area is 150 Å². The Bertz CT molecular complexity index is 544. The number of hydrogen-bond donors (Lipinski definition) is 1. The van der Waals surface area contributed by atoms with Crippen molar-refractivity contribution in [3.63, 3.8) is 0 Å². The highest BCUT2D eigenvalue weighted by molar-refractivity contribution is 5.86. The first-order valence-electron chi connectivity index (χ1n) is 9.10. The van der Waals surface area contributed by atoms with Gasteiger partial charge in [-0.05, 0) is 44.4 Å². The molecule has 4 atom stereocenters. The van der Waals surface area contributed by atoms with Gasteiger partial charge >= 0.3 is 5.97 Å². The minimum atomic E-state index is -0.333. The zero-order valence-corrected chi connectivity index (χ0v) is 15.2. The van der Waals surface area contributed by atoms with Gasteiger partial charge in [0.2, 0.25) is 0 Å². The number of ether oxygens (including phenoxy) is 1. The Morgan fingerprint density at radius 1 is 1.44 bits per heavy atom. The van der Waals surface area contributed by atoms with E-state index in [-0.39, 0.29) is 37.1 Å². The second-order valence-electron chi connectivity index (χ2n) is 7.09. The van der Waals surface area contributed by atoms with Crippen LogP contribution in [0.4, 0.5) is 0 Å². The minimum absolute atomic E-state index is 0.114. The van der Waals surface area contributed by atoms with Crippen LogP contribution in [-0.2, 0) is 14.4 Å². The van der Waals surface area contributed by atoms with Crippen molar-refractivity contribution >= 4 is 11.7 Å². The lowest BCUT2D eigenvalue weighted by Crippen LogP contribution is -2.23. The summed E-state index contributed by atoms with van der Waals surface area (Å²) in [4.78, 5) is 17.2. The van der Waals surface area contributed by atoms with Crippen molar-refractivity contribution in [2.24, 2.45) is 22.9 Å². The van der Waals surface area contributed by atoms with Gasteiger partial charge in [-0.15, -0.1) is 11.8 Å². The molecule has 2 fully saturated rings.